The Hall–Kier alpha value is -2.18. The molecule has 0 unspecified atom stereocenters. The first kappa shape index (κ1) is 13.3. The van der Waals surface area contributed by atoms with Crippen molar-refractivity contribution >= 4 is 5.91 Å². The van der Waals surface area contributed by atoms with Gasteiger partial charge in [0.25, 0.3) is 0 Å². The number of rotatable bonds is 5. The Bertz CT molecular complexity index is 557. The molecule has 7 nitrogen and oxygen atoms in total. The van der Waals surface area contributed by atoms with Gasteiger partial charge in [-0.1, -0.05) is 0 Å². The Morgan fingerprint density at radius 2 is 2.26 bits per heavy atom. The van der Waals surface area contributed by atoms with Crippen molar-refractivity contribution in [2.75, 3.05) is 0 Å². The molecule has 7 heteroatoms. The fraction of sp³-hybridized carbons (Fsp3) is 0.500. The van der Waals surface area contributed by atoms with Gasteiger partial charge < -0.3 is 5.32 Å². The van der Waals surface area contributed by atoms with E-state index in [1.54, 1.807) is 0 Å². The van der Waals surface area contributed by atoms with E-state index in [1.807, 2.05) is 25.6 Å². The summed E-state index contributed by atoms with van der Waals surface area (Å²) in [6, 6.07) is 0. The van der Waals surface area contributed by atoms with E-state index < -0.39 is 0 Å². The van der Waals surface area contributed by atoms with E-state index in [1.165, 1.54) is 6.33 Å². The number of carbonyl (C=O) groups excluding carboxylic acids is 1. The van der Waals surface area contributed by atoms with Crippen molar-refractivity contribution < 1.29 is 4.79 Å². The average Bonchev–Trinajstić information content (AvgIpc) is 2.96. The summed E-state index contributed by atoms with van der Waals surface area (Å²) in [5.74, 6) is 0.654. The molecule has 2 aromatic rings. The van der Waals surface area contributed by atoms with Gasteiger partial charge in [0.2, 0.25) is 5.91 Å². The first-order chi connectivity index (χ1) is 9.08. The molecule has 0 fully saturated rings. The van der Waals surface area contributed by atoms with Crippen LogP contribution in [0.5, 0.6) is 0 Å². The highest BCUT2D eigenvalue weighted by molar-refractivity contribution is 5.76. The SMILES string of the molecule is Cc1nn(C)c(C)c1CCC(=O)NCc1ncn[nH]1. The van der Waals surface area contributed by atoms with E-state index >= 15 is 0 Å². The third kappa shape index (κ3) is 3.18. The molecule has 1 amide bonds. The van der Waals surface area contributed by atoms with Crippen LogP contribution in [0, 0.1) is 13.8 Å². The van der Waals surface area contributed by atoms with Gasteiger partial charge in [-0.05, 0) is 25.8 Å². The van der Waals surface area contributed by atoms with Crippen LogP contribution in [0.25, 0.3) is 0 Å². The lowest BCUT2D eigenvalue weighted by Gasteiger charge is -2.04. The molecule has 0 spiro atoms. The standard InChI is InChI=1S/C12H18N6O/c1-8-10(9(2)18(3)17-8)4-5-12(19)13-6-11-14-7-15-16-11/h7H,4-6H2,1-3H3,(H,13,19)(H,14,15,16). The van der Waals surface area contributed by atoms with Gasteiger partial charge in [0.15, 0.2) is 0 Å². The monoisotopic (exact) mass is 262 g/mol. The molecular weight excluding hydrogens is 244 g/mol. The molecule has 102 valence electrons. The number of aryl methyl sites for hydroxylation is 2. The maximum absolute atomic E-state index is 11.7. The second-order valence-corrected chi connectivity index (χ2v) is 4.48. The van der Waals surface area contributed by atoms with Crippen LogP contribution >= 0.6 is 0 Å². The molecule has 0 radical (unpaired) electrons. The topological polar surface area (TPSA) is 88.5 Å². The number of amides is 1. The molecule has 0 bridgehead atoms. The zero-order chi connectivity index (χ0) is 13.8. The molecule has 0 aliphatic carbocycles. The van der Waals surface area contributed by atoms with Crippen LogP contribution in [0.2, 0.25) is 0 Å². The summed E-state index contributed by atoms with van der Waals surface area (Å²) in [6.07, 6.45) is 2.57. The van der Waals surface area contributed by atoms with Gasteiger partial charge in [-0.3, -0.25) is 14.6 Å². The number of nitrogens with zero attached hydrogens (tertiary/aromatic N) is 4. The van der Waals surface area contributed by atoms with Crippen molar-refractivity contribution in [3.8, 4) is 0 Å². The summed E-state index contributed by atoms with van der Waals surface area (Å²) in [7, 11) is 1.91. The van der Waals surface area contributed by atoms with E-state index in [9.17, 15) is 4.79 Å². The van der Waals surface area contributed by atoms with Gasteiger partial charge in [-0.2, -0.15) is 10.2 Å². The van der Waals surface area contributed by atoms with Gasteiger partial charge in [0.05, 0.1) is 12.2 Å². The van der Waals surface area contributed by atoms with Gasteiger partial charge in [0.1, 0.15) is 12.2 Å². The number of aromatic amines is 1. The minimum Gasteiger partial charge on any atom is -0.349 e. The smallest absolute Gasteiger partial charge is 0.220 e. The quantitative estimate of drug-likeness (QED) is 0.816. The second-order valence-electron chi connectivity index (χ2n) is 4.48. The minimum absolute atomic E-state index is 0.000877. The second kappa shape index (κ2) is 5.64. The zero-order valence-corrected chi connectivity index (χ0v) is 11.4. The lowest BCUT2D eigenvalue weighted by molar-refractivity contribution is -0.121. The van der Waals surface area contributed by atoms with Gasteiger partial charge >= 0.3 is 0 Å². The Morgan fingerprint density at radius 1 is 1.47 bits per heavy atom. The minimum atomic E-state index is -0.000877. The molecule has 19 heavy (non-hydrogen) atoms. The van der Waals surface area contributed by atoms with E-state index in [2.05, 4.69) is 25.6 Å². The number of nitrogens with one attached hydrogen (secondary N) is 2. The van der Waals surface area contributed by atoms with Crippen molar-refractivity contribution in [2.45, 2.75) is 33.2 Å². The largest absolute Gasteiger partial charge is 0.349 e. The molecule has 2 heterocycles. The van der Waals surface area contributed by atoms with Crippen LogP contribution in [-0.4, -0.2) is 30.9 Å². The first-order valence-electron chi connectivity index (χ1n) is 6.18. The van der Waals surface area contributed by atoms with E-state index in [-0.39, 0.29) is 5.91 Å². The van der Waals surface area contributed by atoms with Gasteiger partial charge in [-0.25, -0.2) is 4.98 Å². The van der Waals surface area contributed by atoms with Crippen molar-refractivity contribution in [3.05, 3.63) is 29.1 Å². The van der Waals surface area contributed by atoms with Crippen LogP contribution in [0.4, 0.5) is 0 Å². The van der Waals surface area contributed by atoms with Crippen molar-refractivity contribution in [1.29, 1.82) is 0 Å². The normalized spacial score (nSPS) is 10.7. The molecule has 0 atom stereocenters. The summed E-state index contributed by atoms with van der Waals surface area (Å²) < 4.78 is 1.84. The number of hydrogen-bond acceptors (Lipinski definition) is 4. The Morgan fingerprint density at radius 3 is 2.84 bits per heavy atom. The fourth-order valence-corrected chi connectivity index (χ4v) is 2.00. The first-order valence-corrected chi connectivity index (χ1v) is 6.18. The Balaban J connectivity index is 1.83. The maximum atomic E-state index is 11.7. The fourth-order valence-electron chi connectivity index (χ4n) is 2.00. The van der Waals surface area contributed by atoms with Crippen LogP contribution in [0.15, 0.2) is 6.33 Å². The molecule has 0 aliphatic heterocycles. The van der Waals surface area contributed by atoms with Crippen molar-refractivity contribution in [2.24, 2.45) is 7.05 Å². The molecule has 0 aromatic carbocycles. The number of H-pyrrole nitrogens is 1. The third-order valence-corrected chi connectivity index (χ3v) is 3.18. The molecule has 0 aliphatic rings. The van der Waals surface area contributed by atoms with Crippen molar-refractivity contribution in [3.63, 3.8) is 0 Å². The van der Waals surface area contributed by atoms with Gasteiger partial charge in [0, 0.05) is 19.2 Å². The van der Waals surface area contributed by atoms with Crippen LogP contribution in [0.1, 0.15) is 29.2 Å². The average molecular weight is 262 g/mol. The molecule has 0 saturated carbocycles. The lowest BCUT2D eigenvalue weighted by atomic mass is 10.1. The number of aromatic nitrogens is 5. The Labute approximate surface area is 111 Å². The maximum Gasteiger partial charge on any atom is 0.220 e. The summed E-state index contributed by atoms with van der Waals surface area (Å²) in [4.78, 5) is 15.7. The molecule has 0 saturated heterocycles. The highest BCUT2D eigenvalue weighted by Crippen LogP contribution is 2.13. The third-order valence-electron chi connectivity index (χ3n) is 3.18. The molecular formula is C12H18N6O. The predicted octanol–water partition coefficient (Wildman–Crippen LogP) is 0.404. The van der Waals surface area contributed by atoms with E-state index in [4.69, 9.17) is 0 Å². The highest BCUT2D eigenvalue weighted by Gasteiger charge is 2.11. The Kier molecular flexibility index (Phi) is 3.94. The molecule has 2 aromatic heterocycles. The van der Waals surface area contributed by atoms with Crippen molar-refractivity contribution in [1.82, 2.24) is 30.3 Å². The summed E-state index contributed by atoms with van der Waals surface area (Å²) in [6.45, 7) is 4.36. The van der Waals surface area contributed by atoms with E-state index in [0.29, 0.717) is 25.2 Å². The molecule has 2 rings (SSSR count). The van der Waals surface area contributed by atoms with E-state index in [0.717, 1.165) is 17.0 Å². The van der Waals surface area contributed by atoms with Crippen LogP contribution < -0.4 is 5.32 Å². The summed E-state index contributed by atoms with van der Waals surface area (Å²) in [5.41, 5.74) is 3.25. The zero-order valence-electron chi connectivity index (χ0n) is 11.4. The predicted molar refractivity (Wildman–Crippen MR) is 69.2 cm³/mol. The van der Waals surface area contributed by atoms with Gasteiger partial charge in [-0.15, -0.1) is 0 Å². The highest BCUT2D eigenvalue weighted by atomic mass is 16.1. The van der Waals surface area contributed by atoms with Crippen LogP contribution in [-0.2, 0) is 24.8 Å². The summed E-state index contributed by atoms with van der Waals surface area (Å²) >= 11 is 0. The van der Waals surface area contributed by atoms with Crippen LogP contribution in [0.3, 0.4) is 0 Å². The number of carbonyl (C=O) groups is 1. The lowest BCUT2D eigenvalue weighted by Crippen LogP contribution is -2.23. The summed E-state index contributed by atoms with van der Waals surface area (Å²) in [5, 5.41) is 13.6. The number of hydrogen-bond donors (Lipinski definition) is 2. The molecule has 2 N–H and O–H groups in total.